The molecule has 0 spiro atoms. The van der Waals surface area contributed by atoms with Crippen LogP contribution in [-0.4, -0.2) is 22.6 Å². The van der Waals surface area contributed by atoms with Crippen LogP contribution in [0.5, 0.6) is 0 Å². The minimum Gasteiger partial charge on any atom is -0.478 e. The highest BCUT2D eigenvalue weighted by atomic mass is 16.4. The molecule has 1 saturated carbocycles. The van der Waals surface area contributed by atoms with Gasteiger partial charge in [-0.15, -0.1) is 0 Å². The van der Waals surface area contributed by atoms with Crippen molar-refractivity contribution in [1.82, 2.24) is 4.98 Å². The summed E-state index contributed by atoms with van der Waals surface area (Å²) in [5.41, 5.74) is 1.03. The number of aromatic carboxylic acids is 1. The van der Waals surface area contributed by atoms with E-state index in [1.165, 1.54) is 25.7 Å². The summed E-state index contributed by atoms with van der Waals surface area (Å²) >= 11 is 0. The van der Waals surface area contributed by atoms with Crippen molar-refractivity contribution in [2.75, 3.05) is 11.9 Å². The van der Waals surface area contributed by atoms with Crippen LogP contribution < -0.4 is 5.32 Å². The smallest absolute Gasteiger partial charge is 0.336 e. The molecule has 1 aromatic carbocycles. The van der Waals surface area contributed by atoms with E-state index in [-0.39, 0.29) is 0 Å². The van der Waals surface area contributed by atoms with Crippen LogP contribution in [0.1, 0.15) is 42.5 Å². The first-order chi connectivity index (χ1) is 10.2. The van der Waals surface area contributed by atoms with Crippen molar-refractivity contribution in [3.63, 3.8) is 0 Å². The second-order valence-electron chi connectivity index (χ2n) is 5.74. The lowest BCUT2D eigenvalue weighted by Crippen LogP contribution is -2.09. The molecule has 1 aliphatic rings. The zero-order chi connectivity index (χ0) is 14.7. The standard InChI is InChI=1S/C17H20N2O2/c20-17(21)14-11-16(18-10-9-12-5-1-2-6-12)19-15-8-4-3-7-13(14)15/h3-4,7-8,11-12H,1-2,5-6,9-10H2,(H,18,19)(H,20,21). The summed E-state index contributed by atoms with van der Waals surface area (Å²) in [7, 11) is 0. The van der Waals surface area contributed by atoms with Gasteiger partial charge in [0.05, 0.1) is 11.1 Å². The molecule has 1 heterocycles. The molecule has 2 N–H and O–H groups in total. The lowest BCUT2D eigenvalue weighted by Gasteiger charge is -2.12. The molecule has 0 aliphatic heterocycles. The zero-order valence-corrected chi connectivity index (χ0v) is 12.0. The number of hydrogen-bond acceptors (Lipinski definition) is 3. The van der Waals surface area contributed by atoms with E-state index < -0.39 is 5.97 Å². The summed E-state index contributed by atoms with van der Waals surface area (Å²) in [6.07, 6.45) is 6.49. The maximum absolute atomic E-state index is 11.4. The molecule has 21 heavy (non-hydrogen) atoms. The third-order valence-corrected chi connectivity index (χ3v) is 4.28. The summed E-state index contributed by atoms with van der Waals surface area (Å²) in [5.74, 6) is 0.563. The Bertz CT molecular complexity index is 648. The van der Waals surface area contributed by atoms with Crippen LogP contribution in [0.15, 0.2) is 30.3 Å². The normalized spacial score (nSPS) is 15.4. The molecule has 3 rings (SSSR count). The van der Waals surface area contributed by atoms with E-state index in [1.54, 1.807) is 12.1 Å². The van der Waals surface area contributed by atoms with Gasteiger partial charge in [0, 0.05) is 11.9 Å². The summed E-state index contributed by atoms with van der Waals surface area (Å²) in [4.78, 5) is 15.9. The molecule has 0 radical (unpaired) electrons. The van der Waals surface area contributed by atoms with Crippen molar-refractivity contribution in [2.24, 2.45) is 5.92 Å². The molecular weight excluding hydrogens is 264 g/mol. The van der Waals surface area contributed by atoms with Gasteiger partial charge < -0.3 is 10.4 Å². The number of carboxylic acids is 1. The number of aromatic nitrogens is 1. The number of para-hydroxylation sites is 1. The average Bonchev–Trinajstić information content (AvgIpc) is 2.99. The fraction of sp³-hybridized carbons (Fsp3) is 0.412. The van der Waals surface area contributed by atoms with Crippen LogP contribution in [0.2, 0.25) is 0 Å². The van der Waals surface area contributed by atoms with Gasteiger partial charge >= 0.3 is 5.97 Å². The van der Waals surface area contributed by atoms with Crippen molar-refractivity contribution in [2.45, 2.75) is 32.1 Å². The number of nitrogens with one attached hydrogen (secondary N) is 1. The summed E-state index contributed by atoms with van der Waals surface area (Å²) < 4.78 is 0. The van der Waals surface area contributed by atoms with Gasteiger partial charge in [0.1, 0.15) is 5.82 Å². The van der Waals surface area contributed by atoms with Crippen LogP contribution in [-0.2, 0) is 0 Å². The first-order valence-electron chi connectivity index (χ1n) is 7.61. The third kappa shape index (κ3) is 3.15. The van der Waals surface area contributed by atoms with E-state index >= 15 is 0 Å². The predicted molar refractivity (Wildman–Crippen MR) is 83.8 cm³/mol. The molecule has 1 aliphatic carbocycles. The zero-order valence-electron chi connectivity index (χ0n) is 12.0. The number of anilines is 1. The molecule has 0 amide bonds. The van der Waals surface area contributed by atoms with Crippen LogP contribution >= 0.6 is 0 Å². The van der Waals surface area contributed by atoms with Gasteiger partial charge in [0.25, 0.3) is 0 Å². The van der Waals surface area contributed by atoms with Gasteiger partial charge in [-0.2, -0.15) is 0 Å². The molecule has 110 valence electrons. The van der Waals surface area contributed by atoms with Crippen molar-refractivity contribution >= 4 is 22.7 Å². The Kier molecular flexibility index (Phi) is 4.04. The molecule has 0 unspecified atom stereocenters. The van der Waals surface area contributed by atoms with Crippen LogP contribution in [0.4, 0.5) is 5.82 Å². The third-order valence-electron chi connectivity index (χ3n) is 4.28. The molecular formula is C17H20N2O2. The van der Waals surface area contributed by atoms with Crippen LogP contribution in [0.3, 0.4) is 0 Å². The predicted octanol–water partition coefficient (Wildman–Crippen LogP) is 3.93. The lowest BCUT2D eigenvalue weighted by molar-refractivity contribution is 0.0699. The van der Waals surface area contributed by atoms with Crippen molar-refractivity contribution in [3.05, 3.63) is 35.9 Å². The van der Waals surface area contributed by atoms with Gasteiger partial charge in [-0.25, -0.2) is 9.78 Å². The Labute approximate surface area is 124 Å². The monoisotopic (exact) mass is 284 g/mol. The number of pyridine rings is 1. The molecule has 0 atom stereocenters. The fourth-order valence-corrected chi connectivity index (χ4v) is 3.15. The summed E-state index contributed by atoms with van der Waals surface area (Å²) in [5, 5.41) is 13.3. The van der Waals surface area contributed by atoms with Crippen LogP contribution in [0, 0.1) is 5.92 Å². The highest BCUT2D eigenvalue weighted by Gasteiger charge is 2.15. The topological polar surface area (TPSA) is 62.2 Å². The number of carbonyl (C=O) groups is 1. The second-order valence-corrected chi connectivity index (χ2v) is 5.74. The van der Waals surface area contributed by atoms with E-state index in [4.69, 9.17) is 0 Å². The largest absolute Gasteiger partial charge is 0.478 e. The number of hydrogen-bond donors (Lipinski definition) is 2. The lowest BCUT2D eigenvalue weighted by atomic mass is 10.0. The first kappa shape index (κ1) is 13.9. The highest BCUT2D eigenvalue weighted by Crippen LogP contribution is 2.27. The maximum Gasteiger partial charge on any atom is 0.336 e. The fourth-order valence-electron chi connectivity index (χ4n) is 3.15. The van der Waals surface area contributed by atoms with Crippen molar-refractivity contribution < 1.29 is 9.90 Å². The van der Waals surface area contributed by atoms with E-state index in [0.29, 0.717) is 16.8 Å². The van der Waals surface area contributed by atoms with Crippen molar-refractivity contribution in [3.8, 4) is 0 Å². The second kappa shape index (κ2) is 6.12. The molecule has 2 aromatic rings. The molecule has 0 bridgehead atoms. The number of fused-ring (bicyclic) bond motifs is 1. The Morgan fingerprint density at radius 1 is 1.29 bits per heavy atom. The highest BCUT2D eigenvalue weighted by molar-refractivity contribution is 6.03. The number of rotatable bonds is 5. The maximum atomic E-state index is 11.4. The van der Waals surface area contributed by atoms with E-state index in [2.05, 4.69) is 10.3 Å². The Morgan fingerprint density at radius 2 is 2.05 bits per heavy atom. The average molecular weight is 284 g/mol. The van der Waals surface area contributed by atoms with Gasteiger partial charge in [-0.05, 0) is 24.5 Å². The number of carboxylic acid groups (broad SMARTS) is 1. The molecule has 1 aromatic heterocycles. The van der Waals surface area contributed by atoms with Gasteiger partial charge in [0.2, 0.25) is 0 Å². The Balaban J connectivity index is 1.76. The molecule has 0 saturated heterocycles. The van der Waals surface area contributed by atoms with Crippen molar-refractivity contribution in [1.29, 1.82) is 0 Å². The van der Waals surface area contributed by atoms with E-state index in [1.807, 2.05) is 18.2 Å². The van der Waals surface area contributed by atoms with Gasteiger partial charge in [-0.1, -0.05) is 43.9 Å². The first-order valence-corrected chi connectivity index (χ1v) is 7.61. The van der Waals surface area contributed by atoms with Crippen LogP contribution in [0.25, 0.3) is 10.9 Å². The molecule has 1 fully saturated rings. The minimum atomic E-state index is -0.910. The number of benzene rings is 1. The number of nitrogens with zero attached hydrogens (tertiary/aromatic N) is 1. The van der Waals surface area contributed by atoms with E-state index in [9.17, 15) is 9.90 Å². The SMILES string of the molecule is O=C(O)c1cc(NCCC2CCCC2)nc2ccccc12. The quantitative estimate of drug-likeness (QED) is 0.873. The Hall–Kier alpha value is -2.10. The van der Waals surface area contributed by atoms with Gasteiger partial charge in [0.15, 0.2) is 0 Å². The summed E-state index contributed by atoms with van der Waals surface area (Å²) in [6, 6.07) is 9.00. The minimum absolute atomic E-state index is 0.309. The van der Waals surface area contributed by atoms with E-state index in [0.717, 1.165) is 24.4 Å². The molecule has 4 nitrogen and oxygen atoms in total. The summed E-state index contributed by atoms with van der Waals surface area (Å²) in [6.45, 7) is 0.856. The van der Waals surface area contributed by atoms with Gasteiger partial charge in [-0.3, -0.25) is 0 Å². The molecule has 4 heteroatoms. The Morgan fingerprint density at radius 3 is 2.81 bits per heavy atom.